The van der Waals surface area contributed by atoms with Gasteiger partial charge in [-0.15, -0.1) is 0 Å². The molecule has 0 radical (unpaired) electrons. The number of benzene rings is 1. The van der Waals surface area contributed by atoms with Gasteiger partial charge in [-0.05, 0) is 31.4 Å². The lowest BCUT2D eigenvalue weighted by atomic mass is 10.1. The lowest BCUT2D eigenvalue weighted by Gasteiger charge is -2.26. The van der Waals surface area contributed by atoms with Gasteiger partial charge in [0.2, 0.25) is 5.91 Å². The van der Waals surface area contributed by atoms with Crippen molar-refractivity contribution < 1.29 is 19.1 Å². The van der Waals surface area contributed by atoms with Gasteiger partial charge in [0, 0.05) is 26.1 Å². The molecule has 1 aliphatic rings. The van der Waals surface area contributed by atoms with Crippen LogP contribution in [-0.4, -0.2) is 41.5 Å². The number of para-hydroxylation sites is 1. The number of aromatic carboxylic acids is 1. The number of nitrogens with zero attached hydrogens (tertiary/aromatic N) is 1. The van der Waals surface area contributed by atoms with Crippen molar-refractivity contribution in [1.82, 2.24) is 4.90 Å². The van der Waals surface area contributed by atoms with Gasteiger partial charge >= 0.3 is 5.97 Å². The summed E-state index contributed by atoms with van der Waals surface area (Å²) in [5.74, 6) is -1.80. The Bertz CT molecular complexity index is 528. The molecule has 1 amide bonds. The molecule has 2 rings (SSSR count). The number of piperidine rings is 1. The summed E-state index contributed by atoms with van der Waals surface area (Å²) in [6.07, 6.45) is 3.43. The van der Waals surface area contributed by atoms with Gasteiger partial charge in [-0.3, -0.25) is 4.79 Å². The molecule has 1 aromatic rings. The normalized spacial score (nSPS) is 14.8. The van der Waals surface area contributed by atoms with Gasteiger partial charge in [0.1, 0.15) is 5.82 Å². The molecule has 0 aromatic heterocycles. The minimum absolute atomic E-state index is 0.0235. The largest absolute Gasteiger partial charge is 0.478 e. The molecule has 1 saturated heterocycles. The molecule has 6 heteroatoms. The van der Waals surface area contributed by atoms with Crippen molar-refractivity contribution in [2.45, 2.75) is 25.7 Å². The van der Waals surface area contributed by atoms with Crippen molar-refractivity contribution >= 4 is 17.6 Å². The molecule has 1 aromatic carbocycles. The maximum Gasteiger partial charge on any atom is 0.337 e. The summed E-state index contributed by atoms with van der Waals surface area (Å²) in [5, 5.41) is 11.8. The Labute approximate surface area is 122 Å². The third-order valence-corrected chi connectivity index (χ3v) is 3.59. The van der Waals surface area contributed by atoms with Crippen molar-refractivity contribution in [3.05, 3.63) is 29.6 Å². The van der Waals surface area contributed by atoms with E-state index in [1.165, 1.54) is 18.2 Å². The van der Waals surface area contributed by atoms with Crippen LogP contribution in [0.25, 0.3) is 0 Å². The van der Waals surface area contributed by atoms with Crippen LogP contribution in [0.5, 0.6) is 0 Å². The van der Waals surface area contributed by atoms with E-state index in [1.807, 2.05) is 4.90 Å². The highest BCUT2D eigenvalue weighted by atomic mass is 19.1. The minimum Gasteiger partial charge on any atom is -0.478 e. The Balaban J connectivity index is 1.91. The number of hydrogen-bond acceptors (Lipinski definition) is 3. The summed E-state index contributed by atoms with van der Waals surface area (Å²) in [6, 6.07) is 3.88. The van der Waals surface area contributed by atoms with E-state index in [4.69, 9.17) is 5.11 Å². The van der Waals surface area contributed by atoms with Crippen molar-refractivity contribution in [2.24, 2.45) is 0 Å². The van der Waals surface area contributed by atoms with Gasteiger partial charge in [0.25, 0.3) is 0 Å². The van der Waals surface area contributed by atoms with E-state index in [2.05, 4.69) is 5.32 Å². The smallest absolute Gasteiger partial charge is 0.337 e. The standard InChI is InChI=1S/C15H19FN2O3/c16-12-6-4-5-11(15(20)21)14(12)17-8-7-13(19)18-9-2-1-3-10-18/h4-6,17H,1-3,7-10H2,(H,20,21). The van der Waals surface area contributed by atoms with E-state index in [1.54, 1.807) is 0 Å². The lowest BCUT2D eigenvalue weighted by molar-refractivity contribution is -0.131. The number of carboxylic acids is 1. The summed E-state index contributed by atoms with van der Waals surface area (Å²) in [6.45, 7) is 1.77. The van der Waals surface area contributed by atoms with Crippen LogP contribution in [0, 0.1) is 5.82 Å². The summed E-state index contributed by atoms with van der Waals surface area (Å²) < 4.78 is 13.7. The Morgan fingerprint density at radius 3 is 2.62 bits per heavy atom. The molecule has 0 bridgehead atoms. The molecule has 0 unspecified atom stereocenters. The van der Waals surface area contributed by atoms with Gasteiger partial charge in [-0.2, -0.15) is 0 Å². The SMILES string of the molecule is O=C(O)c1cccc(F)c1NCCC(=O)N1CCCCC1. The Morgan fingerprint density at radius 2 is 1.95 bits per heavy atom. The van der Waals surface area contributed by atoms with Crippen LogP contribution in [0.15, 0.2) is 18.2 Å². The summed E-state index contributed by atoms with van der Waals surface area (Å²) in [4.78, 5) is 24.8. The van der Waals surface area contributed by atoms with Gasteiger partial charge < -0.3 is 15.3 Å². The second kappa shape index (κ2) is 7.06. The van der Waals surface area contributed by atoms with Crippen LogP contribution in [0.4, 0.5) is 10.1 Å². The maximum absolute atomic E-state index is 13.7. The number of carbonyl (C=O) groups excluding carboxylic acids is 1. The number of anilines is 1. The molecule has 0 atom stereocenters. The van der Waals surface area contributed by atoms with Crippen molar-refractivity contribution in [1.29, 1.82) is 0 Å². The van der Waals surface area contributed by atoms with Crippen molar-refractivity contribution in [2.75, 3.05) is 25.0 Å². The zero-order valence-electron chi connectivity index (χ0n) is 11.8. The van der Waals surface area contributed by atoms with E-state index in [9.17, 15) is 14.0 Å². The summed E-state index contributed by atoms with van der Waals surface area (Å²) >= 11 is 0. The third kappa shape index (κ3) is 3.93. The molecule has 0 aliphatic carbocycles. The van der Waals surface area contributed by atoms with Crippen molar-refractivity contribution in [3.8, 4) is 0 Å². The first kappa shape index (κ1) is 15.3. The first-order chi connectivity index (χ1) is 10.1. The molecular weight excluding hydrogens is 275 g/mol. The quantitative estimate of drug-likeness (QED) is 0.874. The molecular formula is C15H19FN2O3. The van der Waals surface area contributed by atoms with Crippen LogP contribution in [0.2, 0.25) is 0 Å². The van der Waals surface area contributed by atoms with Crippen LogP contribution < -0.4 is 5.32 Å². The van der Waals surface area contributed by atoms with Gasteiger partial charge in [-0.25, -0.2) is 9.18 Å². The van der Waals surface area contributed by atoms with Gasteiger partial charge in [0.15, 0.2) is 0 Å². The van der Waals surface area contributed by atoms with Crippen molar-refractivity contribution in [3.63, 3.8) is 0 Å². The third-order valence-electron chi connectivity index (χ3n) is 3.59. The number of amides is 1. The molecule has 2 N–H and O–H groups in total. The first-order valence-corrected chi connectivity index (χ1v) is 7.13. The second-order valence-electron chi connectivity index (χ2n) is 5.09. The molecule has 5 nitrogen and oxygen atoms in total. The predicted octanol–water partition coefficient (Wildman–Crippen LogP) is 2.34. The van der Waals surface area contributed by atoms with E-state index < -0.39 is 11.8 Å². The van der Waals surface area contributed by atoms with Crippen LogP contribution in [0.1, 0.15) is 36.0 Å². The first-order valence-electron chi connectivity index (χ1n) is 7.13. The topological polar surface area (TPSA) is 69.6 Å². The average Bonchev–Trinajstić information content (AvgIpc) is 2.49. The van der Waals surface area contributed by atoms with Crippen LogP contribution >= 0.6 is 0 Å². The number of carboxylic acid groups (broad SMARTS) is 1. The molecule has 1 heterocycles. The number of carbonyl (C=O) groups is 2. The number of likely N-dealkylation sites (tertiary alicyclic amines) is 1. The lowest BCUT2D eigenvalue weighted by Crippen LogP contribution is -2.36. The highest BCUT2D eigenvalue weighted by Gasteiger charge is 2.17. The fraction of sp³-hybridized carbons (Fsp3) is 0.467. The zero-order valence-corrected chi connectivity index (χ0v) is 11.8. The second-order valence-corrected chi connectivity index (χ2v) is 5.09. The highest BCUT2D eigenvalue weighted by Crippen LogP contribution is 2.20. The molecule has 0 saturated carbocycles. The Hall–Kier alpha value is -2.11. The number of rotatable bonds is 5. The summed E-state index contributed by atoms with van der Waals surface area (Å²) in [7, 11) is 0. The van der Waals surface area contributed by atoms with E-state index in [-0.39, 0.29) is 30.1 Å². The molecule has 1 fully saturated rings. The van der Waals surface area contributed by atoms with Gasteiger partial charge in [-0.1, -0.05) is 6.07 Å². The molecule has 114 valence electrons. The monoisotopic (exact) mass is 294 g/mol. The maximum atomic E-state index is 13.7. The fourth-order valence-corrected chi connectivity index (χ4v) is 2.48. The molecule has 1 aliphatic heterocycles. The average molecular weight is 294 g/mol. The predicted molar refractivity (Wildman–Crippen MR) is 76.9 cm³/mol. The Morgan fingerprint density at radius 1 is 1.24 bits per heavy atom. The number of nitrogens with one attached hydrogen (secondary N) is 1. The molecule has 21 heavy (non-hydrogen) atoms. The fourth-order valence-electron chi connectivity index (χ4n) is 2.48. The van der Waals surface area contributed by atoms with Crippen LogP contribution in [0.3, 0.4) is 0 Å². The number of hydrogen-bond donors (Lipinski definition) is 2. The van der Waals surface area contributed by atoms with E-state index >= 15 is 0 Å². The number of halogens is 1. The zero-order chi connectivity index (χ0) is 15.2. The van der Waals surface area contributed by atoms with E-state index in [0.717, 1.165) is 32.4 Å². The van der Waals surface area contributed by atoms with Gasteiger partial charge in [0.05, 0.1) is 11.3 Å². The summed E-state index contributed by atoms with van der Waals surface area (Å²) in [5.41, 5.74) is -0.183. The molecule has 0 spiro atoms. The van der Waals surface area contributed by atoms with Crippen LogP contribution in [-0.2, 0) is 4.79 Å². The van der Waals surface area contributed by atoms with E-state index in [0.29, 0.717) is 0 Å². The Kier molecular flexibility index (Phi) is 5.14. The minimum atomic E-state index is -1.20. The highest BCUT2D eigenvalue weighted by molar-refractivity contribution is 5.94.